The quantitative estimate of drug-likeness (QED) is 0.766. The lowest BCUT2D eigenvalue weighted by Gasteiger charge is -2.34. The number of hydrogen-bond acceptors (Lipinski definition) is 5. The summed E-state index contributed by atoms with van der Waals surface area (Å²) in [5, 5.41) is 0. The van der Waals surface area contributed by atoms with Crippen molar-refractivity contribution in [3.8, 4) is 0 Å². The van der Waals surface area contributed by atoms with Gasteiger partial charge in [0.1, 0.15) is 0 Å². The normalized spacial score (nSPS) is 24.8. The molecule has 0 bridgehead atoms. The molecular formula is C16H26BN3O2. The van der Waals surface area contributed by atoms with Crippen molar-refractivity contribution < 1.29 is 9.31 Å². The third-order valence-corrected chi connectivity index (χ3v) is 5.13. The molecule has 2 aliphatic heterocycles. The van der Waals surface area contributed by atoms with Gasteiger partial charge in [-0.25, -0.2) is 0 Å². The van der Waals surface area contributed by atoms with Gasteiger partial charge in [-0.3, -0.25) is 4.98 Å². The van der Waals surface area contributed by atoms with Gasteiger partial charge in [0.2, 0.25) is 0 Å². The van der Waals surface area contributed by atoms with E-state index in [4.69, 9.17) is 9.31 Å². The molecule has 2 saturated heterocycles. The molecule has 1 aromatic heterocycles. The van der Waals surface area contributed by atoms with Crippen LogP contribution in [0.15, 0.2) is 18.3 Å². The zero-order chi connectivity index (χ0) is 16.0. The second kappa shape index (κ2) is 5.51. The summed E-state index contributed by atoms with van der Waals surface area (Å²) < 4.78 is 12.2. The van der Waals surface area contributed by atoms with E-state index in [0.29, 0.717) is 0 Å². The fourth-order valence-electron chi connectivity index (χ4n) is 2.79. The van der Waals surface area contributed by atoms with Crippen molar-refractivity contribution in [1.29, 1.82) is 0 Å². The second-order valence-corrected chi connectivity index (χ2v) is 7.32. The van der Waals surface area contributed by atoms with Gasteiger partial charge in [-0.2, -0.15) is 0 Å². The van der Waals surface area contributed by atoms with E-state index in [1.807, 2.05) is 6.20 Å². The van der Waals surface area contributed by atoms with Gasteiger partial charge in [-0.1, -0.05) is 0 Å². The summed E-state index contributed by atoms with van der Waals surface area (Å²) in [6.07, 6.45) is 1.86. The van der Waals surface area contributed by atoms with E-state index >= 15 is 0 Å². The van der Waals surface area contributed by atoms with E-state index < -0.39 is 7.12 Å². The highest BCUT2D eigenvalue weighted by Crippen LogP contribution is 2.36. The molecule has 0 amide bonds. The zero-order valence-corrected chi connectivity index (χ0v) is 14.3. The van der Waals surface area contributed by atoms with Crippen LogP contribution >= 0.6 is 0 Å². The number of anilines is 1. The fourth-order valence-corrected chi connectivity index (χ4v) is 2.79. The molecule has 0 unspecified atom stereocenters. The number of nitrogens with zero attached hydrogens (tertiary/aromatic N) is 3. The fraction of sp³-hybridized carbons (Fsp3) is 0.688. The van der Waals surface area contributed by atoms with Crippen LogP contribution in [-0.4, -0.2) is 61.4 Å². The van der Waals surface area contributed by atoms with Gasteiger partial charge in [-0.05, 0) is 46.9 Å². The lowest BCUT2D eigenvalue weighted by atomic mass is 9.84. The van der Waals surface area contributed by atoms with Gasteiger partial charge in [0.05, 0.1) is 16.8 Å². The Morgan fingerprint density at radius 1 is 1.05 bits per heavy atom. The van der Waals surface area contributed by atoms with Crippen LogP contribution in [0.5, 0.6) is 0 Å². The van der Waals surface area contributed by atoms with Crippen LogP contribution < -0.4 is 10.5 Å². The van der Waals surface area contributed by atoms with Gasteiger partial charge in [-0.15, -0.1) is 0 Å². The first kappa shape index (κ1) is 15.8. The highest BCUT2D eigenvalue weighted by molar-refractivity contribution is 6.61. The lowest BCUT2D eigenvalue weighted by Crippen LogP contribution is -2.45. The van der Waals surface area contributed by atoms with Gasteiger partial charge >= 0.3 is 7.12 Å². The smallest absolute Gasteiger partial charge is 0.398 e. The molecule has 2 fully saturated rings. The van der Waals surface area contributed by atoms with Crippen LogP contribution in [0.4, 0.5) is 5.69 Å². The first-order valence-electron chi connectivity index (χ1n) is 8.04. The molecule has 0 N–H and O–H groups in total. The maximum absolute atomic E-state index is 6.10. The average Bonchev–Trinajstić information content (AvgIpc) is 2.68. The van der Waals surface area contributed by atoms with Crippen molar-refractivity contribution in [3.63, 3.8) is 0 Å². The van der Waals surface area contributed by atoms with Gasteiger partial charge in [0.15, 0.2) is 0 Å². The number of hydrogen-bond donors (Lipinski definition) is 0. The minimum atomic E-state index is -0.391. The Balaban J connectivity index is 1.78. The van der Waals surface area contributed by atoms with Crippen molar-refractivity contribution in [2.75, 3.05) is 38.1 Å². The largest absolute Gasteiger partial charge is 0.514 e. The molecule has 0 aliphatic carbocycles. The topological polar surface area (TPSA) is 37.8 Å². The molecule has 0 atom stereocenters. The van der Waals surface area contributed by atoms with Gasteiger partial charge < -0.3 is 19.1 Å². The van der Waals surface area contributed by atoms with Crippen LogP contribution in [0, 0.1) is 0 Å². The molecule has 0 radical (unpaired) electrons. The highest BCUT2D eigenvalue weighted by Gasteiger charge is 2.52. The van der Waals surface area contributed by atoms with Crippen LogP contribution in [0.25, 0.3) is 0 Å². The van der Waals surface area contributed by atoms with E-state index in [2.05, 4.69) is 61.7 Å². The summed E-state index contributed by atoms with van der Waals surface area (Å²) in [5.74, 6) is 0. The summed E-state index contributed by atoms with van der Waals surface area (Å²) in [6, 6.07) is 4.17. The molecule has 22 heavy (non-hydrogen) atoms. The van der Waals surface area contributed by atoms with Gasteiger partial charge in [0.25, 0.3) is 0 Å². The molecule has 6 heteroatoms. The number of likely N-dealkylation sites (N-methyl/N-ethyl adjacent to an activating group) is 1. The Bertz CT molecular complexity index is 526. The molecule has 0 aromatic carbocycles. The van der Waals surface area contributed by atoms with Gasteiger partial charge in [0, 0.05) is 38.1 Å². The molecule has 120 valence electrons. The summed E-state index contributed by atoms with van der Waals surface area (Å²) in [6.45, 7) is 12.5. The molecular weight excluding hydrogens is 277 g/mol. The first-order chi connectivity index (χ1) is 10.3. The van der Waals surface area contributed by atoms with Crippen molar-refractivity contribution in [3.05, 3.63) is 18.3 Å². The van der Waals surface area contributed by atoms with Crippen molar-refractivity contribution >= 4 is 18.4 Å². The third-order valence-electron chi connectivity index (χ3n) is 5.13. The number of aromatic nitrogens is 1. The summed E-state index contributed by atoms with van der Waals surface area (Å²) >= 11 is 0. The van der Waals surface area contributed by atoms with Crippen LogP contribution in [0.1, 0.15) is 27.7 Å². The molecule has 3 heterocycles. The Labute approximate surface area is 133 Å². The van der Waals surface area contributed by atoms with Crippen LogP contribution in [0.2, 0.25) is 0 Å². The zero-order valence-electron chi connectivity index (χ0n) is 14.3. The minimum Gasteiger partial charge on any atom is -0.398 e. The standard InChI is InChI=1S/C16H26BN3O2/c1-15(2)16(3,4)22-17(21-15)14-12-13(6-7-18-14)20-10-8-19(5)9-11-20/h6-7,12H,8-11H2,1-5H3. The Morgan fingerprint density at radius 2 is 1.64 bits per heavy atom. The monoisotopic (exact) mass is 303 g/mol. The first-order valence-corrected chi connectivity index (χ1v) is 8.04. The number of piperazine rings is 1. The maximum Gasteiger partial charge on any atom is 0.514 e. The maximum atomic E-state index is 6.10. The molecule has 0 saturated carbocycles. The Kier molecular flexibility index (Phi) is 3.95. The van der Waals surface area contributed by atoms with E-state index in [9.17, 15) is 0 Å². The molecule has 3 rings (SSSR count). The predicted octanol–water partition coefficient (Wildman–Crippen LogP) is 1.13. The van der Waals surface area contributed by atoms with Crippen LogP contribution in [-0.2, 0) is 9.31 Å². The summed E-state index contributed by atoms with van der Waals surface area (Å²) in [4.78, 5) is 9.23. The average molecular weight is 303 g/mol. The lowest BCUT2D eigenvalue weighted by molar-refractivity contribution is 0.00578. The SMILES string of the molecule is CN1CCN(c2ccnc(B3OC(C)(C)C(C)(C)O3)c2)CC1. The van der Waals surface area contributed by atoms with Crippen LogP contribution in [0.3, 0.4) is 0 Å². The summed E-state index contributed by atoms with van der Waals surface area (Å²) in [5.41, 5.74) is 1.40. The summed E-state index contributed by atoms with van der Waals surface area (Å²) in [7, 11) is 1.78. The Morgan fingerprint density at radius 3 is 2.23 bits per heavy atom. The second-order valence-electron chi connectivity index (χ2n) is 7.32. The third kappa shape index (κ3) is 2.87. The van der Waals surface area contributed by atoms with Crippen molar-refractivity contribution in [2.45, 2.75) is 38.9 Å². The van der Waals surface area contributed by atoms with Crippen molar-refractivity contribution in [2.24, 2.45) is 0 Å². The highest BCUT2D eigenvalue weighted by atomic mass is 16.7. The van der Waals surface area contributed by atoms with E-state index in [0.717, 1.165) is 31.8 Å². The number of pyridine rings is 1. The molecule has 5 nitrogen and oxygen atoms in total. The minimum absolute atomic E-state index is 0.330. The van der Waals surface area contributed by atoms with E-state index in [1.165, 1.54) is 5.69 Å². The molecule has 1 aromatic rings. The van der Waals surface area contributed by atoms with E-state index in [1.54, 1.807) is 0 Å². The van der Waals surface area contributed by atoms with Crippen molar-refractivity contribution in [1.82, 2.24) is 9.88 Å². The molecule has 0 spiro atoms. The predicted molar refractivity (Wildman–Crippen MR) is 89.7 cm³/mol. The molecule has 2 aliphatic rings. The number of rotatable bonds is 2. The van der Waals surface area contributed by atoms with E-state index in [-0.39, 0.29) is 11.2 Å². The Hall–Kier alpha value is -1.11.